The molecule has 13 nitrogen and oxygen atoms in total. The molecule has 6 aromatic rings. The van der Waals surface area contributed by atoms with Crippen LogP contribution in [0.2, 0.25) is 0 Å². The van der Waals surface area contributed by atoms with E-state index in [9.17, 15) is 23.5 Å². The van der Waals surface area contributed by atoms with Gasteiger partial charge in [-0.2, -0.15) is 0 Å². The summed E-state index contributed by atoms with van der Waals surface area (Å²) >= 11 is 3.10. The molecule has 0 saturated carbocycles. The number of likely N-dealkylation sites (N-methyl/N-ethyl adjacent to an activating group) is 1. The molecule has 0 fully saturated rings. The van der Waals surface area contributed by atoms with E-state index in [2.05, 4.69) is 40.6 Å². The van der Waals surface area contributed by atoms with Crippen molar-refractivity contribution in [3.63, 3.8) is 0 Å². The monoisotopic (exact) mass is 835 g/mol. The topological polar surface area (TPSA) is 167 Å². The summed E-state index contributed by atoms with van der Waals surface area (Å²) in [7, 11) is 3.46. The number of rotatable bonds is 9. The number of aliphatic imine (C=N–C) groups is 2. The Bertz CT molecular complexity index is 2720. The lowest BCUT2D eigenvalue weighted by atomic mass is 9.87. The maximum absolute atomic E-state index is 14.7. The molecule has 3 N–H and O–H groups in total. The first-order chi connectivity index (χ1) is 28.6. The predicted octanol–water partition coefficient (Wildman–Crippen LogP) is 7.41. The van der Waals surface area contributed by atoms with E-state index in [-0.39, 0.29) is 29.4 Å². The summed E-state index contributed by atoms with van der Waals surface area (Å²) in [5.41, 5.74) is 6.56. The third-order valence-corrected chi connectivity index (χ3v) is 13.7. The van der Waals surface area contributed by atoms with Gasteiger partial charge in [-0.25, -0.2) is 28.7 Å². The van der Waals surface area contributed by atoms with Crippen molar-refractivity contribution in [2.45, 2.75) is 51.6 Å². The number of benzene rings is 2. The van der Waals surface area contributed by atoms with Gasteiger partial charge in [-0.15, -0.1) is 22.7 Å². The zero-order chi connectivity index (χ0) is 40.8. The lowest BCUT2D eigenvalue weighted by Gasteiger charge is -2.26. The van der Waals surface area contributed by atoms with E-state index in [0.717, 1.165) is 70.8 Å². The van der Waals surface area contributed by atoms with E-state index < -0.39 is 5.97 Å². The van der Waals surface area contributed by atoms with E-state index in [1.165, 1.54) is 41.7 Å². The first kappa shape index (κ1) is 38.7. The minimum absolute atomic E-state index is 0.0461. The van der Waals surface area contributed by atoms with Gasteiger partial charge >= 0.3 is 5.97 Å². The Hall–Kier alpha value is -5.78. The lowest BCUT2D eigenvalue weighted by Crippen LogP contribution is -2.37. The first-order valence-corrected chi connectivity index (χ1v) is 20.9. The van der Waals surface area contributed by atoms with Crippen LogP contribution in [-0.2, 0) is 53.1 Å². The van der Waals surface area contributed by atoms with E-state index in [1.54, 1.807) is 47.9 Å². The van der Waals surface area contributed by atoms with Crippen LogP contribution in [-0.4, -0.2) is 81.6 Å². The van der Waals surface area contributed by atoms with Gasteiger partial charge in [-0.1, -0.05) is 0 Å². The number of aliphatic carboxylic acids is 1. The van der Waals surface area contributed by atoms with Gasteiger partial charge in [-0.3, -0.25) is 19.6 Å². The number of carboxylic acids is 1. The zero-order valence-corrected chi connectivity index (χ0v) is 33.9. The molecule has 10 rings (SSSR count). The highest BCUT2D eigenvalue weighted by Crippen LogP contribution is 2.42. The summed E-state index contributed by atoms with van der Waals surface area (Å²) < 4.78 is 34.3. The Morgan fingerprint density at radius 2 is 1.31 bits per heavy atom. The van der Waals surface area contributed by atoms with Crippen molar-refractivity contribution in [3.8, 4) is 0 Å². The molecule has 0 spiro atoms. The van der Waals surface area contributed by atoms with Crippen molar-refractivity contribution in [1.82, 2.24) is 24.8 Å². The molecule has 0 radical (unpaired) electrons. The van der Waals surface area contributed by atoms with Crippen LogP contribution in [0.3, 0.4) is 0 Å². The summed E-state index contributed by atoms with van der Waals surface area (Å²) in [5.74, 6) is -0.529. The van der Waals surface area contributed by atoms with E-state index in [0.29, 0.717) is 74.9 Å². The van der Waals surface area contributed by atoms with Crippen LogP contribution in [0.4, 0.5) is 31.8 Å². The number of fused-ring (bicyclic) bond motifs is 8. The van der Waals surface area contributed by atoms with Crippen LogP contribution >= 0.6 is 22.7 Å². The number of aryl methyl sites for hydroxylation is 2. The number of carbonyl (C=O) groups is 2. The molecule has 302 valence electrons. The summed E-state index contributed by atoms with van der Waals surface area (Å²) in [4.78, 5) is 55.7. The minimum atomic E-state index is -0.760. The van der Waals surface area contributed by atoms with Gasteiger partial charge in [0.2, 0.25) is 5.91 Å². The Balaban J connectivity index is 0.000000154. The van der Waals surface area contributed by atoms with Crippen molar-refractivity contribution in [2.24, 2.45) is 21.8 Å². The highest BCUT2D eigenvalue weighted by atomic mass is 32.1. The fourth-order valence-electron chi connectivity index (χ4n) is 8.19. The number of thiophene rings is 2. The molecule has 59 heavy (non-hydrogen) atoms. The lowest BCUT2D eigenvalue weighted by molar-refractivity contribution is -0.142. The number of halogens is 2. The van der Waals surface area contributed by atoms with Gasteiger partial charge in [0.05, 0.1) is 47.8 Å². The molecule has 2 aromatic carbocycles. The third-order valence-electron chi connectivity index (χ3n) is 11.3. The molecule has 0 unspecified atom stereocenters. The van der Waals surface area contributed by atoms with E-state index >= 15 is 0 Å². The Kier molecular flexibility index (Phi) is 10.6. The number of ether oxygens (including phenoxy) is 1. The van der Waals surface area contributed by atoms with Crippen LogP contribution < -0.4 is 10.6 Å². The third kappa shape index (κ3) is 7.53. The van der Waals surface area contributed by atoms with Gasteiger partial charge in [0.15, 0.2) is 0 Å². The average Bonchev–Trinajstić information content (AvgIpc) is 4.04. The average molecular weight is 836 g/mol. The van der Waals surface area contributed by atoms with E-state index in [4.69, 9.17) is 4.74 Å². The van der Waals surface area contributed by atoms with Crippen LogP contribution in [0.15, 0.2) is 46.9 Å². The second-order valence-corrected chi connectivity index (χ2v) is 17.2. The Labute approximate surface area is 345 Å². The molecule has 4 aliphatic rings. The molecular formula is C42H39F2N9O4S2. The molecule has 1 amide bonds. The maximum atomic E-state index is 14.7. The summed E-state index contributed by atoms with van der Waals surface area (Å²) in [6, 6.07) is 6.55. The second-order valence-electron chi connectivity index (χ2n) is 15.0. The number of anilines is 4. The highest BCUT2D eigenvalue weighted by Gasteiger charge is 2.32. The van der Waals surface area contributed by atoms with Crippen LogP contribution in [0.25, 0.3) is 20.4 Å². The maximum Gasteiger partial charge on any atom is 0.306 e. The first-order valence-electron chi connectivity index (χ1n) is 19.3. The predicted molar refractivity (Wildman–Crippen MR) is 225 cm³/mol. The molecule has 6 heterocycles. The Morgan fingerprint density at radius 3 is 1.81 bits per heavy atom. The number of carbonyl (C=O) groups excluding carboxylic acids is 1. The highest BCUT2D eigenvalue weighted by molar-refractivity contribution is 7.19. The molecule has 0 saturated heterocycles. The summed E-state index contributed by atoms with van der Waals surface area (Å²) in [6.45, 7) is 2.14. The molecule has 0 bridgehead atoms. The number of methoxy groups -OCH3 is 1. The van der Waals surface area contributed by atoms with Crippen molar-refractivity contribution < 1.29 is 28.2 Å². The second kappa shape index (κ2) is 16.1. The van der Waals surface area contributed by atoms with Gasteiger partial charge in [0.1, 0.15) is 45.6 Å². The number of nitrogens with one attached hydrogen (secondary N) is 2. The van der Waals surface area contributed by atoms with E-state index in [1.807, 2.05) is 7.05 Å². The fraction of sp³-hybridized carbons (Fsp3) is 0.333. The number of nitrogens with zero attached hydrogens (tertiary/aromatic N) is 7. The van der Waals surface area contributed by atoms with Crippen molar-refractivity contribution >= 4 is 90.4 Å². The number of amides is 1. The van der Waals surface area contributed by atoms with Crippen molar-refractivity contribution in [1.29, 1.82) is 0 Å². The SMILES string of the molecule is COCCN(C)C(=O)[C@H]1CCc2c(sc3ncnc(Nc4cc5c(cc4F)CN=C5)c23)C1.O=C(O)[C@H]1CCc2c(sc3ncnc(Nc4cc5c(cc4F)CN=C5)c23)C1. The summed E-state index contributed by atoms with van der Waals surface area (Å²) in [6.07, 6.45) is 10.5. The molecule has 2 aliphatic carbocycles. The van der Waals surface area contributed by atoms with Gasteiger partial charge in [0, 0.05) is 48.8 Å². The quantitative estimate of drug-likeness (QED) is 0.133. The Morgan fingerprint density at radius 1 is 0.797 bits per heavy atom. The smallest absolute Gasteiger partial charge is 0.306 e. The standard InChI is InChI=1S/C23H24FN5O2S.C19H15FN4O2S/c1-29(5-6-31-2)23(30)13-3-4-16-19(9-13)32-22-20(16)21(26-12-27-22)28-18-8-15-11-25-10-14(15)7-17(18)24;20-13-3-10-6-21-7-11(10)4-14(13)24-17-16-12-2-1-9(19(25)26)5-15(12)27-18(16)23-8-22-17/h7-8,11-13H,3-6,9-10H2,1-2H3,(H,26,27,28);3-4,7-9H,1-2,5-6H2,(H,25,26)(H,22,23,24)/t13-;9-/m00/s1. The van der Waals surface area contributed by atoms with Crippen LogP contribution in [0, 0.1) is 23.5 Å². The molecular weight excluding hydrogens is 797 g/mol. The molecule has 4 aromatic heterocycles. The molecule has 2 aliphatic heterocycles. The van der Waals surface area contributed by atoms with Crippen LogP contribution in [0.1, 0.15) is 56.0 Å². The zero-order valence-electron chi connectivity index (χ0n) is 32.2. The fourth-order valence-corrected chi connectivity index (χ4v) is 10.7. The summed E-state index contributed by atoms with van der Waals surface area (Å²) in [5, 5.41) is 17.4. The number of aromatic nitrogens is 4. The van der Waals surface area contributed by atoms with Gasteiger partial charge in [0.25, 0.3) is 0 Å². The normalized spacial score (nSPS) is 17.2. The number of hydrogen-bond donors (Lipinski definition) is 3. The van der Waals surface area contributed by atoms with Crippen LogP contribution in [0.5, 0.6) is 0 Å². The van der Waals surface area contributed by atoms with Crippen molar-refractivity contribution in [2.75, 3.05) is 37.9 Å². The van der Waals surface area contributed by atoms with Gasteiger partial charge in [-0.05, 0) is 96.2 Å². The van der Waals surface area contributed by atoms with Crippen molar-refractivity contribution in [3.05, 3.63) is 91.7 Å². The molecule has 2 atom stereocenters. The molecule has 17 heteroatoms. The number of hydrogen-bond acceptors (Lipinski definition) is 13. The minimum Gasteiger partial charge on any atom is -0.481 e. The largest absolute Gasteiger partial charge is 0.481 e. The number of carboxylic acid groups (broad SMARTS) is 1. The van der Waals surface area contributed by atoms with Gasteiger partial charge < -0.3 is 25.4 Å².